The fourth-order valence-electron chi connectivity index (χ4n) is 6.84. The van der Waals surface area contributed by atoms with Crippen LogP contribution in [0.3, 0.4) is 0 Å². The molecule has 142 valence electrons. The van der Waals surface area contributed by atoms with E-state index in [0.717, 1.165) is 12.0 Å². The van der Waals surface area contributed by atoms with Gasteiger partial charge in [0.1, 0.15) is 17.2 Å². The Morgan fingerprint density at radius 1 is 1.15 bits per heavy atom. The van der Waals surface area contributed by atoms with Crippen LogP contribution in [0.25, 0.3) is 0 Å². The maximum atomic E-state index is 13.3. The highest BCUT2D eigenvalue weighted by Gasteiger charge is 2.70. The van der Waals surface area contributed by atoms with Crippen molar-refractivity contribution >= 4 is 17.3 Å². The van der Waals surface area contributed by atoms with Crippen molar-refractivity contribution in [3.05, 3.63) is 11.6 Å². The monoisotopic (exact) mass is 360 g/mol. The van der Waals surface area contributed by atoms with Crippen molar-refractivity contribution in [1.82, 2.24) is 0 Å². The van der Waals surface area contributed by atoms with Crippen LogP contribution in [0.15, 0.2) is 11.6 Å². The van der Waals surface area contributed by atoms with Crippen LogP contribution in [-0.2, 0) is 14.4 Å². The number of aliphatic hydroxyl groups is 2. The van der Waals surface area contributed by atoms with Crippen molar-refractivity contribution in [2.75, 3.05) is 0 Å². The highest BCUT2D eigenvalue weighted by atomic mass is 16.3. The summed E-state index contributed by atoms with van der Waals surface area (Å²) in [6.45, 7) is 5.17. The molecule has 0 aromatic rings. The van der Waals surface area contributed by atoms with Crippen molar-refractivity contribution in [2.45, 2.75) is 71.0 Å². The van der Waals surface area contributed by atoms with Crippen molar-refractivity contribution in [1.29, 1.82) is 0 Å². The lowest BCUT2D eigenvalue weighted by Gasteiger charge is -2.56. The van der Waals surface area contributed by atoms with Crippen molar-refractivity contribution in [3.63, 3.8) is 0 Å². The van der Waals surface area contributed by atoms with Crippen LogP contribution in [-0.4, -0.2) is 39.3 Å². The minimum atomic E-state index is -1.73. The van der Waals surface area contributed by atoms with E-state index < -0.39 is 22.7 Å². The van der Waals surface area contributed by atoms with Gasteiger partial charge in [-0.1, -0.05) is 25.5 Å². The Morgan fingerprint density at radius 3 is 2.46 bits per heavy atom. The minimum Gasteiger partial charge on any atom is -0.393 e. The van der Waals surface area contributed by atoms with E-state index in [0.29, 0.717) is 19.3 Å². The quantitative estimate of drug-likeness (QED) is 0.698. The molecule has 0 unspecified atom stereocenters. The molecule has 7 atom stereocenters. The molecular formula is C21H28O5. The van der Waals surface area contributed by atoms with E-state index in [1.807, 2.05) is 0 Å². The van der Waals surface area contributed by atoms with Gasteiger partial charge in [0.15, 0.2) is 5.78 Å². The van der Waals surface area contributed by atoms with E-state index in [-0.39, 0.29) is 47.8 Å². The summed E-state index contributed by atoms with van der Waals surface area (Å²) in [6.07, 6.45) is 4.26. The fourth-order valence-corrected chi connectivity index (χ4v) is 6.84. The van der Waals surface area contributed by atoms with Gasteiger partial charge >= 0.3 is 0 Å². The Balaban J connectivity index is 1.81. The highest BCUT2D eigenvalue weighted by Crippen LogP contribution is 2.65. The second kappa shape index (κ2) is 5.35. The molecule has 5 heteroatoms. The number of hydrogen-bond donors (Lipinski definition) is 2. The van der Waals surface area contributed by atoms with Crippen molar-refractivity contribution < 1.29 is 24.6 Å². The second-order valence-electron chi connectivity index (χ2n) is 9.52. The number of allylic oxidation sites excluding steroid dienone is 1. The van der Waals surface area contributed by atoms with Crippen LogP contribution in [0.5, 0.6) is 0 Å². The smallest absolute Gasteiger partial charge is 0.162 e. The zero-order valence-electron chi connectivity index (χ0n) is 15.7. The lowest BCUT2D eigenvalue weighted by Crippen LogP contribution is -2.60. The molecule has 0 aromatic carbocycles. The molecule has 3 saturated carbocycles. The SMILES string of the molecule is CC(=O)[C@@]1(O)CC(=O)[C@H]2[C@@H]3CC=C4C[C@@H](O)CC[C@]4(C)[C@H]3C(=O)C[C@@]21C. The van der Waals surface area contributed by atoms with E-state index in [9.17, 15) is 24.6 Å². The standard InChI is InChI=1S/C21H28O5/c1-11(22)21(26)10-16(25)18-14-5-4-12-8-13(23)6-7-19(12,2)17(14)15(24)9-20(18,21)3/h4,13-14,17-18,23,26H,5-10H2,1-3H3/t13-,14+,17+,18+,19-,20-,21-/m0/s1. The summed E-state index contributed by atoms with van der Waals surface area (Å²) in [6, 6.07) is 0. The lowest BCUT2D eigenvalue weighted by molar-refractivity contribution is -0.166. The summed E-state index contributed by atoms with van der Waals surface area (Å²) in [5.41, 5.74) is -1.92. The molecule has 0 aliphatic heterocycles. The van der Waals surface area contributed by atoms with Gasteiger partial charge in [0.25, 0.3) is 0 Å². The zero-order valence-corrected chi connectivity index (χ0v) is 15.7. The van der Waals surface area contributed by atoms with E-state index >= 15 is 0 Å². The van der Waals surface area contributed by atoms with Crippen LogP contribution in [0.1, 0.15) is 59.3 Å². The van der Waals surface area contributed by atoms with Crippen LogP contribution < -0.4 is 0 Å². The Labute approximate surface area is 153 Å². The molecule has 3 fully saturated rings. The number of rotatable bonds is 1. The number of fused-ring (bicyclic) bond motifs is 5. The molecule has 4 aliphatic rings. The average Bonchev–Trinajstić information content (AvgIpc) is 2.74. The first-order valence-electron chi connectivity index (χ1n) is 9.71. The van der Waals surface area contributed by atoms with Crippen LogP contribution in [0.2, 0.25) is 0 Å². The van der Waals surface area contributed by atoms with E-state index in [2.05, 4.69) is 13.0 Å². The van der Waals surface area contributed by atoms with Gasteiger partial charge in [0.2, 0.25) is 0 Å². The molecule has 26 heavy (non-hydrogen) atoms. The summed E-state index contributed by atoms with van der Waals surface area (Å²) in [4.78, 5) is 38.5. The maximum absolute atomic E-state index is 13.3. The highest BCUT2D eigenvalue weighted by molar-refractivity contribution is 6.01. The first-order valence-corrected chi connectivity index (χ1v) is 9.71. The van der Waals surface area contributed by atoms with Gasteiger partial charge in [-0.15, -0.1) is 0 Å². The van der Waals surface area contributed by atoms with Gasteiger partial charge in [-0.05, 0) is 43.9 Å². The molecule has 0 aromatic heterocycles. The predicted octanol–water partition coefficient (Wildman–Crippen LogP) is 1.99. The van der Waals surface area contributed by atoms with Gasteiger partial charge in [0, 0.05) is 30.1 Å². The molecule has 0 saturated heterocycles. The molecule has 0 radical (unpaired) electrons. The van der Waals surface area contributed by atoms with Gasteiger partial charge in [-0.3, -0.25) is 14.4 Å². The number of ketones is 3. The average molecular weight is 360 g/mol. The first kappa shape index (κ1) is 18.1. The molecule has 5 nitrogen and oxygen atoms in total. The molecule has 0 spiro atoms. The zero-order chi connectivity index (χ0) is 19.1. The molecule has 0 heterocycles. The number of Topliss-reactive ketones (excluding diaryl/α,β-unsaturated/α-hetero) is 3. The lowest BCUT2D eigenvalue weighted by atomic mass is 9.46. The number of carbonyl (C=O) groups excluding carboxylic acids is 3. The maximum Gasteiger partial charge on any atom is 0.162 e. The molecule has 0 bridgehead atoms. The summed E-state index contributed by atoms with van der Waals surface area (Å²) >= 11 is 0. The third-order valence-corrected chi connectivity index (χ3v) is 8.24. The number of hydrogen-bond acceptors (Lipinski definition) is 5. The summed E-state index contributed by atoms with van der Waals surface area (Å²) < 4.78 is 0. The molecule has 4 rings (SSSR count). The largest absolute Gasteiger partial charge is 0.393 e. The summed E-state index contributed by atoms with van der Waals surface area (Å²) in [5, 5.41) is 21.1. The predicted molar refractivity (Wildman–Crippen MR) is 94.1 cm³/mol. The number of carbonyl (C=O) groups is 3. The van der Waals surface area contributed by atoms with Crippen molar-refractivity contribution in [3.8, 4) is 0 Å². The van der Waals surface area contributed by atoms with E-state index in [4.69, 9.17) is 0 Å². The van der Waals surface area contributed by atoms with Crippen LogP contribution in [0, 0.1) is 28.6 Å². The summed E-state index contributed by atoms with van der Waals surface area (Å²) in [5.74, 6) is -1.31. The first-order chi connectivity index (χ1) is 12.0. The van der Waals surface area contributed by atoms with Gasteiger partial charge < -0.3 is 10.2 Å². The van der Waals surface area contributed by atoms with E-state index in [1.54, 1.807) is 6.92 Å². The number of aliphatic hydroxyl groups excluding tert-OH is 1. The Bertz CT molecular complexity index is 739. The third kappa shape index (κ3) is 2.02. The Hall–Kier alpha value is -1.33. The normalized spacial score (nSPS) is 50.6. The second-order valence-corrected chi connectivity index (χ2v) is 9.52. The molecule has 2 N–H and O–H groups in total. The summed E-state index contributed by atoms with van der Waals surface area (Å²) in [7, 11) is 0. The minimum absolute atomic E-state index is 0.0626. The molecule has 0 amide bonds. The molecule has 4 aliphatic carbocycles. The van der Waals surface area contributed by atoms with Crippen molar-refractivity contribution in [2.24, 2.45) is 28.6 Å². The molecular weight excluding hydrogens is 332 g/mol. The van der Waals surface area contributed by atoms with Gasteiger partial charge in [-0.25, -0.2) is 0 Å². The Morgan fingerprint density at radius 2 is 1.81 bits per heavy atom. The van der Waals surface area contributed by atoms with E-state index in [1.165, 1.54) is 6.92 Å². The van der Waals surface area contributed by atoms with Gasteiger partial charge in [-0.2, -0.15) is 0 Å². The fraction of sp³-hybridized carbons (Fsp3) is 0.762. The topological polar surface area (TPSA) is 91.7 Å². The third-order valence-electron chi connectivity index (χ3n) is 8.24. The van der Waals surface area contributed by atoms with Gasteiger partial charge in [0.05, 0.1) is 6.10 Å². The van der Waals surface area contributed by atoms with Crippen LogP contribution in [0.4, 0.5) is 0 Å². The van der Waals surface area contributed by atoms with Crippen LogP contribution >= 0.6 is 0 Å². The Kier molecular flexibility index (Phi) is 3.72.